The first kappa shape index (κ1) is 36.9. The molecule has 1 aliphatic heterocycles. The van der Waals surface area contributed by atoms with Crippen LogP contribution in [0.5, 0.6) is 17.2 Å². The van der Waals surface area contributed by atoms with E-state index in [9.17, 15) is 14.4 Å². The van der Waals surface area contributed by atoms with Gasteiger partial charge in [0.1, 0.15) is 12.4 Å². The fourth-order valence-electron chi connectivity index (χ4n) is 5.10. The van der Waals surface area contributed by atoms with Gasteiger partial charge in [-0.3, -0.25) is 9.36 Å². The molecule has 0 bridgehead atoms. The molecule has 0 saturated heterocycles. The molecule has 0 fully saturated rings. The molecule has 0 amide bonds. The fourth-order valence-corrected chi connectivity index (χ4v) is 8.31. The van der Waals surface area contributed by atoms with E-state index >= 15 is 0 Å². The molecule has 10 nitrogen and oxygen atoms in total. The van der Waals surface area contributed by atoms with Crippen LogP contribution in [0.1, 0.15) is 43.5 Å². The minimum Gasteiger partial charge on any atom is -0.490 e. The van der Waals surface area contributed by atoms with E-state index in [0.29, 0.717) is 56.1 Å². The summed E-state index contributed by atoms with van der Waals surface area (Å²) in [5, 5.41) is 0.639. The summed E-state index contributed by atoms with van der Waals surface area (Å²) in [6.45, 7) is 5.68. The van der Waals surface area contributed by atoms with Crippen molar-refractivity contribution < 1.29 is 33.3 Å². The molecule has 0 spiro atoms. The lowest BCUT2D eigenvalue weighted by Gasteiger charge is -2.25. The smallest absolute Gasteiger partial charge is 0.343 e. The number of halogens is 3. The fraction of sp³-hybridized carbons (Fsp3) is 0.257. The summed E-state index contributed by atoms with van der Waals surface area (Å²) < 4.78 is 31.7. The number of thiazole rings is 1. The van der Waals surface area contributed by atoms with Crippen molar-refractivity contribution in [2.24, 2.45) is 4.99 Å². The van der Waals surface area contributed by atoms with E-state index in [1.54, 1.807) is 38.1 Å². The van der Waals surface area contributed by atoms with Crippen molar-refractivity contribution in [3.63, 3.8) is 0 Å². The van der Waals surface area contributed by atoms with E-state index in [1.807, 2.05) is 43.3 Å². The number of ether oxygens (including phenoxy) is 5. The van der Waals surface area contributed by atoms with E-state index in [2.05, 4.69) is 45.2 Å². The molecule has 4 aromatic rings. The third-order valence-electron chi connectivity index (χ3n) is 7.29. The molecule has 14 heteroatoms. The lowest BCUT2D eigenvalue weighted by Crippen LogP contribution is -2.40. The Morgan fingerprint density at radius 2 is 1.76 bits per heavy atom. The highest BCUT2D eigenvalue weighted by Gasteiger charge is 2.34. The number of methoxy groups -OCH3 is 1. The number of rotatable bonds is 12. The van der Waals surface area contributed by atoms with Crippen LogP contribution in [0.4, 0.5) is 0 Å². The second-order valence-corrected chi connectivity index (χ2v) is 14.4. The topological polar surface area (TPSA) is 115 Å². The van der Waals surface area contributed by atoms with Crippen LogP contribution in [-0.2, 0) is 25.7 Å². The Bertz CT molecular complexity index is 2110. The highest BCUT2D eigenvalue weighted by atomic mass is 127. The lowest BCUT2D eigenvalue weighted by atomic mass is 9.95. The van der Waals surface area contributed by atoms with Gasteiger partial charge in [-0.2, -0.15) is 0 Å². The molecule has 1 aliphatic rings. The van der Waals surface area contributed by atoms with Gasteiger partial charge in [0.25, 0.3) is 5.56 Å². The van der Waals surface area contributed by atoms with Crippen molar-refractivity contribution in [3.8, 4) is 17.2 Å². The molecular formula is C35H31ClI2N2O8S. The lowest BCUT2D eigenvalue weighted by molar-refractivity contribution is -0.143. The number of allylic oxidation sites excluding steroid dienone is 1. The Morgan fingerprint density at radius 3 is 2.45 bits per heavy atom. The van der Waals surface area contributed by atoms with Crippen LogP contribution in [0.2, 0.25) is 5.02 Å². The van der Waals surface area contributed by atoms with Gasteiger partial charge >= 0.3 is 11.9 Å². The van der Waals surface area contributed by atoms with Gasteiger partial charge in [-0.25, -0.2) is 14.6 Å². The predicted octanol–water partition coefficient (Wildman–Crippen LogP) is 6.19. The van der Waals surface area contributed by atoms with Crippen LogP contribution in [0.3, 0.4) is 0 Å². The number of nitrogens with zero attached hydrogens (tertiary/aromatic N) is 2. The number of carbonyl (C=O) groups excluding carboxylic acids is 2. The molecule has 0 unspecified atom stereocenters. The summed E-state index contributed by atoms with van der Waals surface area (Å²) in [5.74, 6) is 0.131. The zero-order valence-corrected chi connectivity index (χ0v) is 32.8. The number of carbonyl (C=O) groups is 2. The summed E-state index contributed by atoms with van der Waals surface area (Å²) in [5.41, 5.74) is 2.54. The predicted molar refractivity (Wildman–Crippen MR) is 203 cm³/mol. The first-order valence-electron chi connectivity index (χ1n) is 15.1. The summed E-state index contributed by atoms with van der Waals surface area (Å²) in [4.78, 5) is 44.7. The molecule has 2 heterocycles. The van der Waals surface area contributed by atoms with Crippen molar-refractivity contribution in [3.05, 3.63) is 114 Å². The van der Waals surface area contributed by atoms with Gasteiger partial charge in [0.15, 0.2) is 22.9 Å². The summed E-state index contributed by atoms with van der Waals surface area (Å²) in [6.07, 6.45) is 1.79. The Labute approximate surface area is 318 Å². The Kier molecular flexibility index (Phi) is 12.4. The normalized spacial score (nSPS) is 14.2. The summed E-state index contributed by atoms with van der Waals surface area (Å²) in [6, 6.07) is 15.5. The van der Waals surface area contributed by atoms with Crippen LogP contribution in [0, 0.1) is 7.14 Å². The standard InChI is InChI=1S/C35H31ClI2N2O8S/c1-5-45-27-14-21(9-12-26(27)47-18-29(41)44-4)31-30(34(43)46-6-2)19(3)39-35-40(31)33(42)28(49-35)15-22-13-24(37)16-25(38)32(22)48-17-20-7-10-23(36)11-8-20/h7-16,31H,5-6,17-18H2,1-4H3/b28-15+/t31-/m1/s1. The molecule has 256 valence electrons. The number of esters is 2. The van der Waals surface area contributed by atoms with Crippen LogP contribution in [0.25, 0.3) is 6.08 Å². The van der Waals surface area contributed by atoms with E-state index < -0.39 is 18.0 Å². The SMILES string of the molecule is CCOC(=O)C1=C(C)N=c2s/c(=C/c3cc(I)cc(I)c3OCc3ccc(Cl)cc3)c(=O)n2[C@@H]1c1ccc(OCC(=O)OC)c(OCC)c1. The quantitative estimate of drug-likeness (QED) is 0.122. The van der Waals surface area contributed by atoms with Crippen molar-refractivity contribution in [1.82, 2.24) is 4.57 Å². The zero-order chi connectivity index (χ0) is 35.2. The molecule has 3 aromatic carbocycles. The van der Waals surface area contributed by atoms with E-state index in [0.717, 1.165) is 18.3 Å². The number of hydrogen-bond donors (Lipinski definition) is 0. The third kappa shape index (κ3) is 8.49. The largest absolute Gasteiger partial charge is 0.490 e. The average molecular weight is 929 g/mol. The van der Waals surface area contributed by atoms with Gasteiger partial charge in [-0.1, -0.05) is 41.1 Å². The van der Waals surface area contributed by atoms with Gasteiger partial charge in [-0.05, 0) is 120 Å². The van der Waals surface area contributed by atoms with Crippen molar-refractivity contribution in [2.45, 2.75) is 33.4 Å². The maximum Gasteiger partial charge on any atom is 0.343 e. The van der Waals surface area contributed by atoms with Crippen molar-refractivity contribution in [1.29, 1.82) is 0 Å². The number of hydrogen-bond acceptors (Lipinski definition) is 10. The monoisotopic (exact) mass is 928 g/mol. The minimum absolute atomic E-state index is 0.140. The van der Waals surface area contributed by atoms with E-state index in [1.165, 1.54) is 23.0 Å². The summed E-state index contributed by atoms with van der Waals surface area (Å²) in [7, 11) is 1.27. The molecule has 1 atom stereocenters. The molecular weight excluding hydrogens is 898 g/mol. The van der Waals surface area contributed by atoms with Gasteiger partial charge < -0.3 is 23.7 Å². The molecule has 0 N–H and O–H groups in total. The number of aromatic nitrogens is 1. The first-order valence-corrected chi connectivity index (χ1v) is 18.4. The Morgan fingerprint density at radius 1 is 1.00 bits per heavy atom. The zero-order valence-electron chi connectivity index (χ0n) is 26.9. The Balaban J connectivity index is 1.64. The first-order chi connectivity index (χ1) is 23.5. The maximum atomic E-state index is 14.4. The number of benzene rings is 3. The van der Waals surface area contributed by atoms with E-state index in [-0.39, 0.29) is 24.3 Å². The number of fused-ring (bicyclic) bond motifs is 1. The Hall–Kier alpha value is -3.41. The van der Waals surface area contributed by atoms with Gasteiger partial charge in [0.05, 0.1) is 45.7 Å². The molecule has 0 aliphatic carbocycles. The second kappa shape index (κ2) is 16.5. The van der Waals surface area contributed by atoms with E-state index in [4.69, 9.17) is 40.3 Å². The average Bonchev–Trinajstić information content (AvgIpc) is 3.37. The second-order valence-electron chi connectivity index (χ2n) is 10.5. The van der Waals surface area contributed by atoms with Crippen LogP contribution in [-0.4, -0.2) is 43.4 Å². The molecule has 0 saturated carbocycles. The summed E-state index contributed by atoms with van der Waals surface area (Å²) >= 11 is 11.7. The van der Waals surface area contributed by atoms with Crippen molar-refractivity contribution >= 4 is 86.1 Å². The van der Waals surface area contributed by atoms with Gasteiger partial charge in [-0.15, -0.1) is 0 Å². The van der Waals surface area contributed by atoms with Crippen molar-refractivity contribution in [2.75, 3.05) is 26.9 Å². The van der Waals surface area contributed by atoms with Crippen LogP contribution < -0.4 is 29.1 Å². The molecule has 0 radical (unpaired) electrons. The molecule has 1 aromatic heterocycles. The third-order valence-corrected chi connectivity index (χ3v) is 9.95. The highest BCUT2D eigenvalue weighted by Crippen LogP contribution is 2.37. The van der Waals surface area contributed by atoms with Crippen LogP contribution >= 0.6 is 68.1 Å². The van der Waals surface area contributed by atoms with Gasteiger partial charge in [0.2, 0.25) is 0 Å². The maximum absolute atomic E-state index is 14.4. The minimum atomic E-state index is -0.886. The highest BCUT2D eigenvalue weighted by molar-refractivity contribution is 14.1. The van der Waals surface area contributed by atoms with Gasteiger partial charge in [0, 0.05) is 14.2 Å². The molecule has 5 rings (SSSR count). The molecule has 49 heavy (non-hydrogen) atoms. The van der Waals surface area contributed by atoms with Crippen LogP contribution in [0.15, 0.2) is 75.7 Å².